The van der Waals surface area contributed by atoms with E-state index in [9.17, 15) is 32.9 Å². The van der Waals surface area contributed by atoms with Crippen LogP contribution in [0.5, 0.6) is 0 Å². The smallest absolute Gasteiger partial charge is 0.369 e. The van der Waals surface area contributed by atoms with Crippen LogP contribution in [0.4, 0.5) is 30.2 Å². The summed E-state index contributed by atoms with van der Waals surface area (Å²) in [6.07, 6.45) is -3.23. The van der Waals surface area contributed by atoms with Gasteiger partial charge in [-0.3, -0.25) is 19.7 Å². The van der Waals surface area contributed by atoms with Gasteiger partial charge in [0.15, 0.2) is 0 Å². The zero-order chi connectivity index (χ0) is 25.3. The quantitative estimate of drug-likeness (QED) is 0.473. The van der Waals surface area contributed by atoms with Crippen LogP contribution in [0.15, 0.2) is 36.4 Å². The molecule has 2 aliphatic rings. The molecule has 1 saturated heterocycles. The fraction of sp³-hybridized carbons (Fsp3) is 0.391. The Bertz CT molecular complexity index is 1160. The first-order chi connectivity index (χ1) is 16.5. The Labute approximate surface area is 199 Å². The fourth-order valence-corrected chi connectivity index (χ4v) is 3.85. The molecule has 186 valence electrons. The molecule has 0 bridgehead atoms. The number of likely N-dealkylation sites (N-methyl/N-ethyl adjacent to an activating group) is 1. The molecule has 0 radical (unpaired) electrons. The summed E-state index contributed by atoms with van der Waals surface area (Å²) in [4.78, 5) is 40.3. The van der Waals surface area contributed by atoms with E-state index in [2.05, 4.69) is 15.5 Å². The first-order valence-corrected chi connectivity index (χ1v) is 11.1. The monoisotopic (exact) mass is 491 g/mol. The van der Waals surface area contributed by atoms with Crippen molar-refractivity contribution in [3.8, 4) is 0 Å². The number of halogens is 3. The SMILES string of the molecule is CN1CCN(c2ccc([N+](=O)[O-])c(C(=O)Nc3cc(C(=O)NC4CC4)ccc3C(F)(F)F)c2)CC1. The summed E-state index contributed by atoms with van der Waals surface area (Å²) in [5.74, 6) is -1.63. The lowest BCUT2D eigenvalue weighted by Gasteiger charge is -2.34. The van der Waals surface area contributed by atoms with Gasteiger partial charge in [-0.15, -0.1) is 0 Å². The molecule has 0 atom stereocenters. The number of hydrogen-bond donors (Lipinski definition) is 2. The van der Waals surface area contributed by atoms with Crippen LogP contribution in [0.1, 0.15) is 39.1 Å². The summed E-state index contributed by atoms with van der Waals surface area (Å²) in [6.45, 7) is 2.77. The number of alkyl halides is 3. The molecule has 0 unspecified atom stereocenters. The molecule has 1 aliphatic carbocycles. The molecule has 2 N–H and O–H groups in total. The minimum atomic E-state index is -4.82. The van der Waals surface area contributed by atoms with E-state index in [1.165, 1.54) is 18.2 Å². The molecular formula is C23H24F3N5O4. The van der Waals surface area contributed by atoms with Crippen LogP contribution in [-0.2, 0) is 6.18 Å². The predicted molar refractivity (Wildman–Crippen MR) is 123 cm³/mol. The number of hydrogen-bond acceptors (Lipinski definition) is 6. The number of nitrogens with one attached hydrogen (secondary N) is 2. The van der Waals surface area contributed by atoms with E-state index >= 15 is 0 Å². The summed E-state index contributed by atoms with van der Waals surface area (Å²) in [6, 6.07) is 6.68. The highest BCUT2D eigenvalue weighted by Crippen LogP contribution is 2.36. The number of rotatable bonds is 6. The second-order valence-corrected chi connectivity index (χ2v) is 8.71. The van der Waals surface area contributed by atoms with Crippen molar-refractivity contribution in [2.45, 2.75) is 25.1 Å². The van der Waals surface area contributed by atoms with E-state index in [0.717, 1.165) is 38.1 Å². The first kappa shape index (κ1) is 24.5. The number of benzene rings is 2. The number of anilines is 2. The molecule has 4 rings (SSSR count). The summed E-state index contributed by atoms with van der Waals surface area (Å²) in [5, 5.41) is 16.4. The van der Waals surface area contributed by atoms with Crippen molar-refractivity contribution in [2.75, 3.05) is 43.4 Å². The summed E-state index contributed by atoms with van der Waals surface area (Å²) >= 11 is 0. The highest BCUT2D eigenvalue weighted by atomic mass is 19.4. The van der Waals surface area contributed by atoms with Crippen LogP contribution < -0.4 is 15.5 Å². The molecule has 1 heterocycles. The fourth-order valence-electron chi connectivity index (χ4n) is 3.85. The average molecular weight is 491 g/mol. The lowest BCUT2D eigenvalue weighted by atomic mass is 10.1. The van der Waals surface area contributed by atoms with Crippen LogP contribution in [0.3, 0.4) is 0 Å². The van der Waals surface area contributed by atoms with E-state index < -0.39 is 39.9 Å². The molecule has 2 amide bonds. The van der Waals surface area contributed by atoms with E-state index in [-0.39, 0.29) is 17.2 Å². The molecule has 0 aromatic heterocycles. The Morgan fingerprint density at radius 2 is 1.71 bits per heavy atom. The van der Waals surface area contributed by atoms with E-state index in [0.29, 0.717) is 24.8 Å². The Hall–Kier alpha value is -3.67. The third-order valence-corrected chi connectivity index (χ3v) is 6.04. The molecule has 2 fully saturated rings. The van der Waals surface area contributed by atoms with Crippen LogP contribution in [0.2, 0.25) is 0 Å². The van der Waals surface area contributed by atoms with E-state index in [1.807, 2.05) is 11.9 Å². The van der Waals surface area contributed by atoms with Crippen molar-refractivity contribution < 1.29 is 27.7 Å². The number of piperazine rings is 1. The summed E-state index contributed by atoms with van der Waals surface area (Å²) in [5.41, 5.74) is -2.20. The maximum atomic E-state index is 13.6. The number of nitro groups is 1. The van der Waals surface area contributed by atoms with Gasteiger partial charge in [0.25, 0.3) is 17.5 Å². The normalized spacial score (nSPS) is 16.6. The standard InChI is InChI=1S/C23H24F3N5O4/c1-29-8-10-30(11-9-29)16-5-7-20(31(34)35)17(13-16)22(33)28-19-12-14(21(32)27-15-3-4-15)2-6-18(19)23(24,25)26/h2,5-7,12-13,15H,3-4,8-11H2,1H3,(H,27,32)(H,28,33). The van der Waals surface area contributed by atoms with Gasteiger partial charge in [0.05, 0.1) is 16.2 Å². The van der Waals surface area contributed by atoms with Crippen molar-refractivity contribution in [2.24, 2.45) is 0 Å². The third-order valence-electron chi connectivity index (χ3n) is 6.04. The summed E-state index contributed by atoms with van der Waals surface area (Å²) < 4.78 is 40.9. The lowest BCUT2D eigenvalue weighted by molar-refractivity contribution is -0.385. The predicted octanol–water partition coefficient (Wildman–Crippen LogP) is 3.51. The third kappa shape index (κ3) is 5.70. The average Bonchev–Trinajstić information content (AvgIpc) is 3.62. The molecule has 1 saturated carbocycles. The van der Waals surface area contributed by atoms with Crippen LogP contribution in [0.25, 0.3) is 0 Å². The highest BCUT2D eigenvalue weighted by Gasteiger charge is 2.35. The van der Waals surface area contributed by atoms with Crippen LogP contribution >= 0.6 is 0 Å². The Morgan fingerprint density at radius 1 is 1.03 bits per heavy atom. The van der Waals surface area contributed by atoms with Gasteiger partial charge >= 0.3 is 6.18 Å². The van der Waals surface area contributed by atoms with Gasteiger partial charge in [0.1, 0.15) is 5.56 Å². The number of nitrogens with zero attached hydrogens (tertiary/aromatic N) is 3. The minimum absolute atomic E-state index is 0.0113. The zero-order valence-corrected chi connectivity index (χ0v) is 18.9. The maximum absolute atomic E-state index is 13.6. The lowest BCUT2D eigenvalue weighted by Crippen LogP contribution is -2.44. The van der Waals surface area contributed by atoms with Gasteiger partial charge in [-0.2, -0.15) is 13.2 Å². The largest absolute Gasteiger partial charge is 0.418 e. The Morgan fingerprint density at radius 3 is 2.31 bits per heavy atom. The molecule has 2 aromatic rings. The van der Waals surface area contributed by atoms with Gasteiger partial charge in [-0.1, -0.05) is 0 Å². The number of carbonyl (C=O) groups is 2. The van der Waals surface area contributed by atoms with Gasteiger partial charge in [0, 0.05) is 49.5 Å². The maximum Gasteiger partial charge on any atom is 0.418 e. The first-order valence-electron chi connectivity index (χ1n) is 11.1. The summed E-state index contributed by atoms with van der Waals surface area (Å²) in [7, 11) is 1.96. The van der Waals surface area contributed by atoms with Crippen LogP contribution in [-0.4, -0.2) is 60.9 Å². The molecule has 12 heteroatoms. The van der Waals surface area contributed by atoms with Crippen molar-refractivity contribution in [1.82, 2.24) is 10.2 Å². The Kier molecular flexibility index (Phi) is 6.66. The molecule has 1 aliphatic heterocycles. The van der Waals surface area contributed by atoms with Gasteiger partial charge in [0.2, 0.25) is 0 Å². The second-order valence-electron chi connectivity index (χ2n) is 8.71. The minimum Gasteiger partial charge on any atom is -0.369 e. The van der Waals surface area contributed by atoms with Gasteiger partial charge in [-0.05, 0) is 50.2 Å². The topological polar surface area (TPSA) is 108 Å². The van der Waals surface area contributed by atoms with Crippen molar-refractivity contribution >= 4 is 28.9 Å². The van der Waals surface area contributed by atoms with E-state index in [1.54, 1.807) is 0 Å². The van der Waals surface area contributed by atoms with Crippen molar-refractivity contribution in [3.63, 3.8) is 0 Å². The molecule has 2 aromatic carbocycles. The molecule has 35 heavy (non-hydrogen) atoms. The highest BCUT2D eigenvalue weighted by molar-refractivity contribution is 6.08. The number of nitro benzene ring substituents is 1. The van der Waals surface area contributed by atoms with Crippen molar-refractivity contribution in [1.29, 1.82) is 0 Å². The van der Waals surface area contributed by atoms with Gasteiger partial charge in [-0.25, -0.2) is 0 Å². The molecule has 0 spiro atoms. The zero-order valence-electron chi connectivity index (χ0n) is 18.9. The van der Waals surface area contributed by atoms with Gasteiger partial charge < -0.3 is 20.4 Å². The molecular weight excluding hydrogens is 467 g/mol. The Balaban J connectivity index is 1.66. The number of amides is 2. The number of carbonyl (C=O) groups excluding carboxylic acids is 2. The van der Waals surface area contributed by atoms with E-state index in [4.69, 9.17) is 0 Å². The van der Waals surface area contributed by atoms with Crippen LogP contribution in [0, 0.1) is 10.1 Å². The second kappa shape index (κ2) is 9.53. The molecule has 9 nitrogen and oxygen atoms in total. The van der Waals surface area contributed by atoms with Crippen molar-refractivity contribution in [3.05, 3.63) is 63.2 Å².